The number of nitrogens with zero attached hydrogens (tertiary/aromatic N) is 1. The summed E-state index contributed by atoms with van der Waals surface area (Å²) in [5.41, 5.74) is 1.09. The number of rotatable bonds is 10. The van der Waals surface area contributed by atoms with Gasteiger partial charge in [0.15, 0.2) is 0 Å². The van der Waals surface area contributed by atoms with Crippen LogP contribution in [0.3, 0.4) is 0 Å². The summed E-state index contributed by atoms with van der Waals surface area (Å²) in [5, 5.41) is 14.9. The maximum Gasteiger partial charge on any atom is 0.315 e. The average molecular weight is 376 g/mol. The number of likely N-dealkylation sites (tertiary alicyclic amines) is 1. The Morgan fingerprint density at radius 2 is 2.00 bits per heavy atom. The minimum absolute atomic E-state index is 0.0442. The van der Waals surface area contributed by atoms with Crippen LogP contribution in [0.2, 0.25) is 0 Å². The minimum Gasteiger partial charge on any atom is -0.481 e. The third kappa shape index (κ3) is 7.99. The molecule has 6 heteroatoms. The highest BCUT2D eigenvalue weighted by Gasteiger charge is 2.25. The van der Waals surface area contributed by atoms with Gasteiger partial charge in [-0.1, -0.05) is 44.2 Å². The van der Waals surface area contributed by atoms with Crippen LogP contribution < -0.4 is 10.6 Å². The number of nitrogens with one attached hydrogen (secondary N) is 2. The Hall–Kier alpha value is -2.08. The van der Waals surface area contributed by atoms with Gasteiger partial charge in [-0.3, -0.25) is 9.69 Å². The predicted molar refractivity (Wildman–Crippen MR) is 107 cm³/mol. The number of carbonyl (C=O) groups excluding carboxylic acids is 1. The van der Waals surface area contributed by atoms with Crippen LogP contribution >= 0.6 is 0 Å². The van der Waals surface area contributed by atoms with Crippen LogP contribution in [0.5, 0.6) is 0 Å². The molecular weight excluding hydrogens is 342 g/mol. The Morgan fingerprint density at radius 1 is 1.26 bits per heavy atom. The SMILES string of the molecule is CC(C)CN1CCC[C@@H]1CNC(=O)NC(CCC(=O)O)Cc1ccccc1. The summed E-state index contributed by atoms with van der Waals surface area (Å²) in [6, 6.07) is 9.83. The van der Waals surface area contributed by atoms with Crippen LogP contribution in [0.1, 0.15) is 45.1 Å². The zero-order valence-electron chi connectivity index (χ0n) is 16.5. The molecule has 3 N–H and O–H groups in total. The van der Waals surface area contributed by atoms with Gasteiger partial charge in [-0.2, -0.15) is 0 Å². The van der Waals surface area contributed by atoms with Crippen molar-refractivity contribution >= 4 is 12.0 Å². The summed E-state index contributed by atoms with van der Waals surface area (Å²) in [5.74, 6) is -0.226. The quantitative estimate of drug-likeness (QED) is 0.587. The summed E-state index contributed by atoms with van der Waals surface area (Å²) in [6.07, 6.45) is 3.38. The van der Waals surface area contributed by atoms with Gasteiger partial charge < -0.3 is 15.7 Å². The first-order valence-electron chi connectivity index (χ1n) is 9.98. The molecule has 27 heavy (non-hydrogen) atoms. The molecule has 0 saturated carbocycles. The van der Waals surface area contributed by atoms with Crippen LogP contribution in [0.15, 0.2) is 30.3 Å². The fraction of sp³-hybridized carbons (Fsp3) is 0.619. The van der Waals surface area contributed by atoms with Crippen LogP contribution in [0, 0.1) is 5.92 Å². The van der Waals surface area contributed by atoms with Crippen molar-refractivity contribution < 1.29 is 14.7 Å². The van der Waals surface area contributed by atoms with E-state index in [2.05, 4.69) is 29.4 Å². The van der Waals surface area contributed by atoms with Crippen LogP contribution in [0.4, 0.5) is 4.79 Å². The molecule has 0 aromatic heterocycles. The summed E-state index contributed by atoms with van der Waals surface area (Å²) >= 11 is 0. The van der Waals surface area contributed by atoms with E-state index in [1.165, 1.54) is 6.42 Å². The summed E-state index contributed by atoms with van der Waals surface area (Å²) in [4.78, 5) is 25.8. The standard InChI is InChI=1S/C21H33N3O3/c1-16(2)15-24-12-6-9-19(24)14-22-21(27)23-18(10-11-20(25)26)13-17-7-4-3-5-8-17/h3-5,7-8,16,18-19H,6,9-15H2,1-2H3,(H,25,26)(H2,22,23,27)/t18?,19-/m1/s1. The zero-order chi connectivity index (χ0) is 19.6. The van der Waals surface area contributed by atoms with E-state index in [0.717, 1.165) is 25.1 Å². The third-order valence-electron chi connectivity index (χ3n) is 4.96. The van der Waals surface area contributed by atoms with E-state index in [-0.39, 0.29) is 18.5 Å². The Bertz CT molecular complexity index is 592. The molecule has 1 heterocycles. The Balaban J connectivity index is 1.83. The minimum atomic E-state index is -0.842. The van der Waals surface area contributed by atoms with E-state index in [4.69, 9.17) is 5.11 Å². The molecule has 1 unspecified atom stereocenters. The summed E-state index contributed by atoms with van der Waals surface area (Å²) in [6.45, 7) is 7.22. The largest absolute Gasteiger partial charge is 0.481 e. The number of aliphatic carboxylic acids is 1. The van der Waals surface area contributed by atoms with Crippen molar-refractivity contribution in [1.82, 2.24) is 15.5 Å². The van der Waals surface area contributed by atoms with Crippen LogP contribution in [0.25, 0.3) is 0 Å². The highest BCUT2D eigenvalue weighted by atomic mass is 16.4. The molecule has 2 rings (SSSR count). The molecule has 2 amide bonds. The van der Waals surface area contributed by atoms with Gasteiger partial charge in [0.25, 0.3) is 0 Å². The van der Waals surface area contributed by atoms with Gasteiger partial charge in [0.1, 0.15) is 0 Å². The van der Waals surface area contributed by atoms with E-state index in [0.29, 0.717) is 31.3 Å². The van der Waals surface area contributed by atoms with Gasteiger partial charge in [-0.05, 0) is 43.7 Å². The zero-order valence-corrected chi connectivity index (χ0v) is 16.5. The van der Waals surface area contributed by atoms with Crippen molar-refractivity contribution in [2.24, 2.45) is 5.92 Å². The maximum atomic E-state index is 12.4. The molecule has 6 nitrogen and oxygen atoms in total. The highest BCUT2D eigenvalue weighted by Crippen LogP contribution is 2.18. The third-order valence-corrected chi connectivity index (χ3v) is 4.96. The lowest BCUT2D eigenvalue weighted by atomic mass is 10.0. The van der Waals surface area contributed by atoms with E-state index < -0.39 is 5.97 Å². The van der Waals surface area contributed by atoms with Gasteiger partial charge in [0.05, 0.1) is 0 Å². The maximum absolute atomic E-state index is 12.4. The monoisotopic (exact) mass is 375 g/mol. The fourth-order valence-corrected chi connectivity index (χ4v) is 3.70. The molecule has 0 aliphatic carbocycles. The predicted octanol–water partition coefficient (Wildman–Crippen LogP) is 2.88. The van der Waals surface area contributed by atoms with Gasteiger partial charge in [-0.15, -0.1) is 0 Å². The molecule has 1 aromatic rings. The van der Waals surface area contributed by atoms with Crippen molar-refractivity contribution in [3.8, 4) is 0 Å². The Morgan fingerprint density at radius 3 is 2.67 bits per heavy atom. The smallest absolute Gasteiger partial charge is 0.315 e. The van der Waals surface area contributed by atoms with Crippen molar-refractivity contribution in [2.45, 2.75) is 58.0 Å². The first-order chi connectivity index (χ1) is 12.9. The second kappa shape index (κ2) is 10.9. The molecule has 2 atom stereocenters. The van der Waals surface area contributed by atoms with Crippen molar-refractivity contribution in [3.63, 3.8) is 0 Å². The number of carboxylic acid groups (broad SMARTS) is 1. The molecule has 1 fully saturated rings. The van der Waals surface area contributed by atoms with Crippen LogP contribution in [-0.2, 0) is 11.2 Å². The number of hydrogen-bond donors (Lipinski definition) is 3. The molecule has 0 bridgehead atoms. The normalized spacial score (nSPS) is 18.4. The number of urea groups is 1. The molecule has 150 valence electrons. The molecule has 1 aromatic carbocycles. The van der Waals surface area contributed by atoms with E-state index in [9.17, 15) is 9.59 Å². The lowest BCUT2D eigenvalue weighted by molar-refractivity contribution is -0.137. The second-order valence-electron chi connectivity index (χ2n) is 7.86. The average Bonchev–Trinajstić information content (AvgIpc) is 3.05. The van der Waals surface area contributed by atoms with E-state index >= 15 is 0 Å². The summed E-state index contributed by atoms with van der Waals surface area (Å²) in [7, 11) is 0. The molecule has 0 spiro atoms. The second-order valence-corrected chi connectivity index (χ2v) is 7.86. The van der Waals surface area contributed by atoms with Crippen molar-refractivity contribution in [1.29, 1.82) is 0 Å². The number of carbonyl (C=O) groups is 2. The lowest BCUT2D eigenvalue weighted by Gasteiger charge is -2.27. The van der Waals surface area contributed by atoms with Crippen molar-refractivity contribution in [3.05, 3.63) is 35.9 Å². The van der Waals surface area contributed by atoms with Crippen LogP contribution in [-0.4, -0.2) is 53.7 Å². The Labute approximate surface area is 162 Å². The number of benzene rings is 1. The lowest BCUT2D eigenvalue weighted by Crippen LogP contribution is -2.48. The van der Waals surface area contributed by atoms with Gasteiger partial charge in [0, 0.05) is 31.6 Å². The number of carboxylic acids is 1. The summed E-state index contributed by atoms with van der Waals surface area (Å²) < 4.78 is 0. The highest BCUT2D eigenvalue weighted by molar-refractivity contribution is 5.74. The first kappa shape index (κ1) is 21.2. The van der Waals surface area contributed by atoms with Gasteiger partial charge in [-0.25, -0.2) is 4.79 Å². The number of amides is 2. The Kier molecular flexibility index (Phi) is 8.58. The van der Waals surface area contributed by atoms with Gasteiger partial charge >= 0.3 is 12.0 Å². The first-order valence-corrected chi connectivity index (χ1v) is 9.98. The van der Waals surface area contributed by atoms with Crippen molar-refractivity contribution in [2.75, 3.05) is 19.6 Å². The molecule has 1 saturated heterocycles. The molecule has 1 aliphatic rings. The fourth-order valence-electron chi connectivity index (χ4n) is 3.70. The molecular formula is C21H33N3O3. The topological polar surface area (TPSA) is 81.7 Å². The molecule has 0 radical (unpaired) electrons. The van der Waals surface area contributed by atoms with E-state index in [1.807, 2.05) is 30.3 Å². The molecule has 1 aliphatic heterocycles. The van der Waals surface area contributed by atoms with Gasteiger partial charge in [0.2, 0.25) is 0 Å². The van der Waals surface area contributed by atoms with E-state index in [1.54, 1.807) is 0 Å². The number of hydrogen-bond acceptors (Lipinski definition) is 3.